The normalized spacial score (nSPS) is 25.1. The van der Waals surface area contributed by atoms with Crippen LogP contribution in [0.15, 0.2) is 34.1 Å². The molecule has 2 atom stereocenters. The van der Waals surface area contributed by atoms with Crippen molar-refractivity contribution in [2.24, 2.45) is 11.8 Å². The monoisotopic (exact) mass is 353 g/mol. The number of likely N-dealkylation sites (tertiary alicyclic amines) is 1. The predicted molar refractivity (Wildman–Crippen MR) is 95.8 cm³/mol. The number of hydrogen-bond acceptors (Lipinski definition) is 5. The van der Waals surface area contributed by atoms with Crippen molar-refractivity contribution >= 4 is 0 Å². The lowest BCUT2D eigenvalue weighted by Crippen LogP contribution is -2.45. The molecule has 0 aromatic carbocycles. The van der Waals surface area contributed by atoms with Gasteiger partial charge in [0.15, 0.2) is 0 Å². The summed E-state index contributed by atoms with van der Waals surface area (Å²) in [6.07, 6.45) is 7.18. The van der Waals surface area contributed by atoms with Crippen molar-refractivity contribution < 1.29 is 0 Å². The lowest BCUT2D eigenvalue weighted by molar-refractivity contribution is 0.256. The van der Waals surface area contributed by atoms with Crippen molar-refractivity contribution in [2.45, 2.75) is 44.8 Å². The van der Waals surface area contributed by atoms with Gasteiger partial charge in [-0.2, -0.15) is 5.10 Å². The van der Waals surface area contributed by atoms with Crippen LogP contribution in [-0.2, 0) is 19.6 Å². The molecule has 2 aromatic rings. The van der Waals surface area contributed by atoms with E-state index in [2.05, 4.69) is 21.0 Å². The third kappa shape index (κ3) is 2.61. The van der Waals surface area contributed by atoms with E-state index in [0.29, 0.717) is 24.9 Å². The van der Waals surface area contributed by atoms with Gasteiger partial charge in [0.2, 0.25) is 0 Å². The first-order valence-corrected chi connectivity index (χ1v) is 9.52. The summed E-state index contributed by atoms with van der Waals surface area (Å²) in [7, 11) is 0. The highest BCUT2D eigenvalue weighted by molar-refractivity contribution is 5.14. The molecule has 0 amide bonds. The van der Waals surface area contributed by atoms with Crippen molar-refractivity contribution in [3.05, 3.63) is 56.6 Å². The zero-order valence-electron chi connectivity index (χ0n) is 14.8. The minimum absolute atomic E-state index is 0.243. The minimum atomic E-state index is -0.451. The Labute approximate surface area is 151 Å². The topological polar surface area (TPSA) is 73.0 Å². The van der Waals surface area contributed by atoms with Crippen LogP contribution in [0.2, 0.25) is 0 Å². The van der Waals surface area contributed by atoms with Gasteiger partial charge in [-0.05, 0) is 30.4 Å². The summed E-state index contributed by atoms with van der Waals surface area (Å²) in [6, 6.07) is 4.05. The molecule has 136 valence electrons. The standard InChI is InChI=1S/C19H23N5O2/c25-18-19(26)24(9-13-3-1-4-13)21-17-16-12-22(10-15(16)11-23(17)18)8-14-5-2-6-20-7-14/h2,5-7,13,15-16H,1,3-4,8-12H2/t15-,16+/m0/s1. The fourth-order valence-electron chi connectivity index (χ4n) is 4.60. The Kier molecular flexibility index (Phi) is 3.77. The molecule has 0 radical (unpaired) electrons. The van der Waals surface area contributed by atoms with Crippen molar-refractivity contribution in [1.82, 2.24) is 24.2 Å². The van der Waals surface area contributed by atoms with Crippen LogP contribution in [0, 0.1) is 11.8 Å². The highest BCUT2D eigenvalue weighted by atomic mass is 16.2. The van der Waals surface area contributed by atoms with Crippen LogP contribution in [0.4, 0.5) is 0 Å². The molecule has 3 aliphatic rings. The van der Waals surface area contributed by atoms with Gasteiger partial charge < -0.3 is 0 Å². The molecule has 0 unspecified atom stereocenters. The molecule has 7 nitrogen and oxygen atoms in total. The van der Waals surface area contributed by atoms with E-state index in [1.165, 1.54) is 16.7 Å². The fourth-order valence-corrected chi connectivity index (χ4v) is 4.60. The molecule has 0 bridgehead atoms. The Morgan fingerprint density at radius 1 is 1.12 bits per heavy atom. The number of rotatable bonds is 4. The van der Waals surface area contributed by atoms with Gasteiger partial charge in [-0.25, -0.2) is 4.68 Å². The van der Waals surface area contributed by atoms with Crippen LogP contribution in [0.5, 0.6) is 0 Å². The molecule has 2 aliphatic heterocycles. The Balaban J connectivity index is 1.40. The summed E-state index contributed by atoms with van der Waals surface area (Å²) in [5.41, 5.74) is 0.364. The number of nitrogens with zero attached hydrogens (tertiary/aromatic N) is 5. The molecule has 1 saturated heterocycles. The van der Waals surface area contributed by atoms with Gasteiger partial charge in [0.1, 0.15) is 5.82 Å². The maximum atomic E-state index is 12.5. The quantitative estimate of drug-likeness (QED) is 0.761. The molecular formula is C19H23N5O2. The fraction of sp³-hybridized carbons (Fsp3) is 0.579. The zero-order chi connectivity index (χ0) is 17.7. The van der Waals surface area contributed by atoms with Gasteiger partial charge >= 0.3 is 11.1 Å². The third-order valence-electron chi connectivity index (χ3n) is 6.21. The first kappa shape index (κ1) is 15.9. The molecule has 2 aromatic heterocycles. The highest BCUT2D eigenvalue weighted by Gasteiger charge is 2.42. The molecule has 26 heavy (non-hydrogen) atoms. The smallest absolute Gasteiger partial charge is 0.298 e. The summed E-state index contributed by atoms with van der Waals surface area (Å²) >= 11 is 0. The van der Waals surface area contributed by atoms with E-state index in [4.69, 9.17) is 0 Å². The van der Waals surface area contributed by atoms with Gasteiger partial charge in [-0.1, -0.05) is 12.5 Å². The number of aromatic nitrogens is 4. The lowest BCUT2D eigenvalue weighted by atomic mass is 9.85. The van der Waals surface area contributed by atoms with Crippen molar-refractivity contribution in [2.75, 3.05) is 13.1 Å². The van der Waals surface area contributed by atoms with E-state index < -0.39 is 5.56 Å². The summed E-state index contributed by atoms with van der Waals surface area (Å²) in [4.78, 5) is 31.5. The van der Waals surface area contributed by atoms with Crippen LogP contribution in [0.3, 0.4) is 0 Å². The molecule has 5 rings (SSSR count). The van der Waals surface area contributed by atoms with Gasteiger partial charge in [-0.15, -0.1) is 0 Å². The van der Waals surface area contributed by atoms with E-state index in [1.54, 1.807) is 10.8 Å². The maximum absolute atomic E-state index is 12.5. The van der Waals surface area contributed by atoms with Crippen molar-refractivity contribution in [1.29, 1.82) is 0 Å². The van der Waals surface area contributed by atoms with Gasteiger partial charge in [-0.3, -0.25) is 24.0 Å². The van der Waals surface area contributed by atoms with E-state index in [0.717, 1.165) is 38.3 Å². The molecular weight excluding hydrogens is 330 g/mol. The van der Waals surface area contributed by atoms with Crippen LogP contribution in [-0.4, -0.2) is 37.3 Å². The van der Waals surface area contributed by atoms with Crippen LogP contribution in [0.25, 0.3) is 0 Å². The maximum Gasteiger partial charge on any atom is 0.332 e. The summed E-state index contributed by atoms with van der Waals surface area (Å²) in [5, 5.41) is 4.65. The molecule has 0 N–H and O–H groups in total. The van der Waals surface area contributed by atoms with Gasteiger partial charge in [0.05, 0.1) is 0 Å². The summed E-state index contributed by atoms with van der Waals surface area (Å²) < 4.78 is 3.08. The Bertz CT molecular complexity index is 931. The van der Waals surface area contributed by atoms with Crippen molar-refractivity contribution in [3.8, 4) is 0 Å². The lowest BCUT2D eigenvalue weighted by Gasteiger charge is -2.25. The average molecular weight is 353 g/mol. The molecule has 1 saturated carbocycles. The second-order valence-corrected chi connectivity index (χ2v) is 7.98. The van der Waals surface area contributed by atoms with Crippen molar-refractivity contribution in [3.63, 3.8) is 0 Å². The number of fused-ring (bicyclic) bond motifs is 3. The molecule has 2 fully saturated rings. The van der Waals surface area contributed by atoms with Gasteiger partial charge in [0.25, 0.3) is 0 Å². The SMILES string of the molecule is O=c1c(=O)n2c(nn1CC1CCC1)[C@@H]1CN(Cc3cccnc3)C[C@H]1C2. The molecule has 0 spiro atoms. The Hall–Kier alpha value is -2.28. The highest BCUT2D eigenvalue weighted by Crippen LogP contribution is 2.37. The first-order chi connectivity index (χ1) is 12.7. The molecule has 1 aliphatic carbocycles. The van der Waals surface area contributed by atoms with Crippen LogP contribution < -0.4 is 11.1 Å². The van der Waals surface area contributed by atoms with E-state index in [9.17, 15) is 9.59 Å². The number of hydrogen-bond donors (Lipinski definition) is 0. The van der Waals surface area contributed by atoms with Gasteiger partial charge in [0, 0.05) is 57.0 Å². The molecule has 4 heterocycles. The largest absolute Gasteiger partial charge is 0.332 e. The van der Waals surface area contributed by atoms with Crippen LogP contribution in [0.1, 0.15) is 36.6 Å². The third-order valence-corrected chi connectivity index (χ3v) is 6.21. The Morgan fingerprint density at radius 2 is 2.00 bits per heavy atom. The second-order valence-electron chi connectivity index (χ2n) is 7.98. The predicted octanol–water partition coefficient (Wildman–Crippen LogP) is 0.829. The number of pyridine rings is 1. The van der Waals surface area contributed by atoms with E-state index in [1.807, 2.05) is 12.3 Å². The Morgan fingerprint density at radius 3 is 2.73 bits per heavy atom. The minimum Gasteiger partial charge on any atom is -0.298 e. The summed E-state index contributed by atoms with van der Waals surface area (Å²) in [5.74, 6) is 1.93. The van der Waals surface area contributed by atoms with E-state index >= 15 is 0 Å². The molecule has 7 heteroatoms. The second kappa shape index (κ2) is 6.16. The average Bonchev–Trinajstić information content (AvgIpc) is 3.14. The van der Waals surface area contributed by atoms with E-state index in [-0.39, 0.29) is 11.5 Å². The van der Waals surface area contributed by atoms with Crippen LogP contribution >= 0.6 is 0 Å². The summed E-state index contributed by atoms with van der Waals surface area (Å²) in [6.45, 7) is 3.90. The zero-order valence-corrected chi connectivity index (χ0v) is 14.8. The first-order valence-electron chi connectivity index (χ1n) is 9.52.